The van der Waals surface area contributed by atoms with E-state index in [-0.39, 0.29) is 24.0 Å². The van der Waals surface area contributed by atoms with Crippen molar-refractivity contribution in [1.82, 2.24) is 4.90 Å². The van der Waals surface area contributed by atoms with Crippen molar-refractivity contribution in [2.45, 2.75) is 38.3 Å². The fraction of sp³-hybridized carbons (Fsp3) is 0.778. The number of hydrogen-bond acceptors (Lipinski definition) is 5. The lowest BCUT2D eigenvalue weighted by molar-refractivity contribution is -0.133. The predicted molar refractivity (Wildman–Crippen MR) is 99.9 cm³/mol. The summed E-state index contributed by atoms with van der Waals surface area (Å²) >= 11 is 0. The van der Waals surface area contributed by atoms with Crippen molar-refractivity contribution < 1.29 is 19.4 Å². The highest BCUT2D eigenvalue weighted by molar-refractivity contribution is 5.87. The van der Waals surface area contributed by atoms with Crippen LogP contribution in [0.5, 0.6) is 0 Å². The van der Waals surface area contributed by atoms with E-state index in [1.165, 1.54) is 0 Å². The molecule has 1 saturated heterocycles. The summed E-state index contributed by atoms with van der Waals surface area (Å²) in [6.45, 7) is 5.83. The van der Waals surface area contributed by atoms with Gasteiger partial charge >= 0.3 is 5.97 Å². The van der Waals surface area contributed by atoms with Gasteiger partial charge in [-0.2, -0.15) is 0 Å². The molecule has 148 valence electrons. The summed E-state index contributed by atoms with van der Waals surface area (Å²) in [5.74, 6) is -0.296. The molecule has 0 spiro atoms. The van der Waals surface area contributed by atoms with E-state index in [1.54, 1.807) is 7.11 Å². The topological polar surface area (TPSA) is 123 Å². The summed E-state index contributed by atoms with van der Waals surface area (Å²) in [5.41, 5.74) is 11.5. The van der Waals surface area contributed by atoms with E-state index in [0.717, 1.165) is 25.9 Å². The van der Waals surface area contributed by atoms with Gasteiger partial charge in [0.2, 0.25) is 0 Å². The number of likely N-dealkylation sites (tertiary alicyclic amines) is 1. The van der Waals surface area contributed by atoms with Crippen LogP contribution in [0.4, 0.5) is 0 Å². The van der Waals surface area contributed by atoms with Gasteiger partial charge in [0.1, 0.15) is 0 Å². The zero-order chi connectivity index (χ0) is 19.1. The summed E-state index contributed by atoms with van der Waals surface area (Å²) in [4.78, 5) is 18.2. The molecule has 0 aromatic rings. The van der Waals surface area contributed by atoms with Crippen molar-refractivity contribution in [3.8, 4) is 0 Å². The number of ether oxygens (including phenoxy) is 2. The number of nitrogens with two attached hydrogens (primary N) is 2. The molecule has 26 heavy (non-hydrogen) atoms. The molecule has 1 heterocycles. The lowest BCUT2D eigenvalue weighted by atomic mass is 9.80. The minimum absolute atomic E-state index is 0.00954. The van der Waals surface area contributed by atoms with Crippen molar-refractivity contribution in [2.75, 3.05) is 40.0 Å². The van der Waals surface area contributed by atoms with Gasteiger partial charge in [-0.15, -0.1) is 0 Å². The molecular weight excluding hydrogens is 336 g/mol. The number of carboxylic acid groups (broad SMARTS) is 1. The molecule has 0 saturated carbocycles. The lowest BCUT2D eigenvalue weighted by Crippen LogP contribution is -2.50. The Balaban J connectivity index is 2.06. The van der Waals surface area contributed by atoms with E-state index in [9.17, 15) is 9.90 Å². The van der Waals surface area contributed by atoms with Gasteiger partial charge in [-0.1, -0.05) is 13.0 Å². The Labute approximate surface area is 155 Å². The van der Waals surface area contributed by atoms with Gasteiger partial charge < -0.3 is 26.0 Å². The monoisotopic (exact) mass is 368 g/mol. The first kappa shape index (κ1) is 20.7. The van der Waals surface area contributed by atoms with Crippen LogP contribution in [-0.4, -0.2) is 74.0 Å². The Hall–Kier alpha value is -1.64. The summed E-state index contributed by atoms with van der Waals surface area (Å²) in [7, 11) is 1.66. The maximum absolute atomic E-state index is 11.6. The molecule has 0 amide bonds. The molecule has 0 unspecified atom stereocenters. The van der Waals surface area contributed by atoms with Crippen LogP contribution in [0.2, 0.25) is 0 Å². The summed E-state index contributed by atoms with van der Waals surface area (Å²) in [6, 6.07) is -0.191. The van der Waals surface area contributed by atoms with Crippen LogP contribution in [0.1, 0.15) is 26.2 Å². The molecule has 8 heteroatoms. The number of nitrogens with zero attached hydrogens (tertiary/aromatic N) is 2. The third-order valence-corrected chi connectivity index (χ3v) is 5.29. The molecular formula is C18H32N4O4. The zero-order valence-corrected chi connectivity index (χ0v) is 15.8. The van der Waals surface area contributed by atoms with Gasteiger partial charge in [0, 0.05) is 31.7 Å². The highest BCUT2D eigenvalue weighted by Gasteiger charge is 2.37. The fourth-order valence-corrected chi connectivity index (χ4v) is 3.91. The Morgan fingerprint density at radius 1 is 1.42 bits per heavy atom. The van der Waals surface area contributed by atoms with E-state index in [0.29, 0.717) is 37.7 Å². The van der Waals surface area contributed by atoms with E-state index in [2.05, 4.69) is 16.8 Å². The Kier molecular flexibility index (Phi) is 7.86. The van der Waals surface area contributed by atoms with Crippen molar-refractivity contribution in [3.63, 3.8) is 0 Å². The van der Waals surface area contributed by atoms with Crippen molar-refractivity contribution in [2.24, 2.45) is 28.3 Å². The highest BCUT2D eigenvalue weighted by atomic mass is 16.5. The smallest absolute Gasteiger partial charge is 0.331 e. The first-order valence-corrected chi connectivity index (χ1v) is 9.25. The van der Waals surface area contributed by atoms with Gasteiger partial charge in [-0.3, -0.25) is 4.90 Å². The number of piperidine rings is 1. The summed E-state index contributed by atoms with van der Waals surface area (Å²) < 4.78 is 10.7. The summed E-state index contributed by atoms with van der Waals surface area (Å²) in [5, 5.41) is 9.48. The second kappa shape index (κ2) is 9.89. The van der Waals surface area contributed by atoms with Crippen LogP contribution in [0.3, 0.4) is 0 Å². The predicted octanol–water partition coefficient (Wildman–Crippen LogP) is 0.423. The van der Waals surface area contributed by atoms with Crippen LogP contribution in [0.25, 0.3) is 0 Å². The van der Waals surface area contributed by atoms with Crippen molar-refractivity contribution in [3.05, 3.63) is 11.6 Å². The average Bonchev–Trinajstić information content (AvgIpc) is 2.60. The Morgan fingerprint density at radius 2 is 2.19 bits per heavy atom. The lowest BCUT2D eigenvalue weighted by Gasteiger charge is -2.43. The van der Waals surface area contributed by atoms with Crippen molar-refractivity contribution >= 4 is 11.9 Å². The molecule has 0 radical (unpaired) electrons. The average molecular weight is 368 g/mol. The first-order valence-electron chi connectivity index (χ1n) is 9.25. The maximum Gasteiger partial charge on any atom is 0.331 e. The minimum atomic E-state index is -0.894. The first-order chi connectivity index (χ1) is 12.4. The largest absolute Gasteiger partial charge is 0.478 e. The second-order valence-corrected chi connectivity index (χ2v) is 7.24. The van der Waals surface area contributed by atoms with Gasteiger partial charge in [0.15, 0.2) is 5.96 Å². The maximum atomic E-state index is 11.6. The molecule has 5 N–H and O–H groups in total. The quantitative estimate of drug-likeness (QED) is 0.322. The number of carbonyl (C=O) groups is 1. The zero-order valence-electron chi connectivity index (χ0n) is 15.8. The molecule has 4 atom stereocenters. The van der Waals surface area contributed by atoms with E-state index in [4.69, 9.17) is 20.9 Å². The molecule has 2 rings (SSSR count). The molecule has 0 aromatic heterocycles. The van der Waals surface area contributed by atoms with Crippen LogP contribution >= 0.6 is 0 Å². The molecule has 8 nitrogen and oxygen atoms in total. The van der Waals surface area contributed by atoms with Crippen LogP contribution in [-0.2, 0) is 14.3 Å². The van der Waals surface area contributed by atoms with Crippen molar-refractivity contribution in [1.29, 1.82) is 0 Å². The molecule has 1 aliphatic heterocycles. The third kappa shape index (κ3) is 5.69. The number of methoxy groups -OCH3 is 1. The number of aliphatic imine (C=N–C) groups is 1. The highest BCUT2D eigenvalue weighted by Crippen LogP contribution is 2.32. The van der Waals surface area contributed by atoms with E-state index >= 15 is 0 Å². The molecule has 0 aromatic carbocycles. The minimum Gasteiger partial charge on any atom is -0.478 e. The standard InChI is InChI=1S/C18H32N4O4/c1-12-15(21-18(19)20)8-14(17(23)24)9-16(12)22-5-3-4-13(10-22)11-26-7-6-25-2/h9,12-13,15-16H,3-8,10-11H2,1-2H3,(H,23,24)(H4,19,20,21)/t12-,13-,15+,16-/m1/s1. The fourth-order valence-electron chi connectivity index (χ4n) is 3.91. The van der Waals surface area contributed by atoms with Gasteiger partial charge in [-0.05, 0) is 31.2 Å². The van der Waals surface area contributed by atoms with E-state index in [1.807, 2.05) is 6.08 Å². The molecule has 1 fully saturated rings. The van der Waals surface area contributed by atoms with Crippen LogP contribution in [0.15, 0.2) is 16.6 Å². The molecule has 1 aliphatic carbocycles. The molecule has 2 aliphatic rings. The van der Waals surface area contributed by atoms with Gasteiger partial charge in [0.25, 0.3) is 0 Å². The number of aliphatic carboxylic acids is 1. The molecule has 0 bridgehead atoms. The second-order valence-electron chi connectivity index (χ2n) is 7.24. The van der Waals surface area contributed by atoms with E-state index < -0.39 is 5.97 Å². The number of rotatable bonds is 8. The van der Waals surface area contributed by atoms with Gasteiger partial charge in [0.05, 0.1) is 25.9 Å². The normalized spacial score (nSPS) is 29.8. The summed E-state index contributed by atoms with van der Waals surface area (Å²) in [6.07, 6.45) is 4.45. The van der Waals surface area contributed by atoms with Gasteiger partial charge in [-0.25, -0.2) is 9.79 Å². The number of guanidine groups is 1. The Morgan fingerprint density at radius 3 is 2.85 bits per heavy atom. The third-order valence-electron chi connectivity index (χ3n) is 5.29. The van der Waals surface area contributed by atoms with Crippen LogP contribution < -0.4 is 11.5 Å². The number of carboxylic acids is 1. The number of hydrogen-bond donors (Lipinski definition) is 3. The SMILES string of the molecule is COCCOC[C@@H]1CCCN([C@@H]2C=C(C(=O)O)C[C@H](N=C(N)N)[C@H]2C)C1. The van der Waals surface area contributed by atoms with Crippen LogP contribution in [0, 0.1) is 11.8 Å². The Bertz CT molecular complexity index is 533.